The first kappa shape index (κ1) is 11.4. The Morgan fingerprint density at radius 3 is 2.71 bits per heavy atom. The molecular formula is C10H16ClNO2. The largest absolute Gasteiger partial charge is 0.444 e. The highest BCUT2D eigenvalue weighted by molar-refractivity contribution is 6.22. The number of alkyl halides is 1. The van der Waals surface area contributed by atoms with Crippen LogP contribution in [-0.2, 0) is 4.74 Å². The minimum atomic E-state index is -0.444. The van der Waals surface area contributed by atoms with Gasteiger partial charge in [-0.3, -0.25) is 0 Å². The lowest BCUT2D eigenvalue weighted by atomic mass is 10.2. The van der Waals surface area contributed by atoms with Gasteiger partial charge in [-0.1, -0.05) is 12.2 Å². The van der Waals surface area contributed by atoms with Gasteiger partial charge in [0, 0.05) is 13.1 Å². The Morgan fingerprint density at radius 1 is 1.57 bits per heavy atom. The lowest BCUT2D eigenvalue weighted by Crippen LogP contribution is -2.41. The van der Waals surface area contributed by atoms with Crippen molar-refractivity contribution < 1.29 is 9.53 Å². The monoisotopic (exact) mass is 217 g/mol. The van der Waals surface area contributed by atoms with Gasteiger partial charge in [0.1, 0.15) is 5.60 Å². The van der Waals surface area contributed by atoms with Gasteiger partial charge < -0.3 is 9.64 Å². The molecule has 0 aromatic rings. The van der Waals surface area contributed by atoms with Crippen molar-refractivity contribution in [2.75, 3.05) is 13.1 Å². The van der Waals surface area contributed by atoms with Crippen molar-refractivity contribution in [3.8, 4) is 0 Å². The minimum absolute atomic E-state index is 0.101. The van der Waals surface area contributed by atoms with E-state index >= 15 is 0 Å². The van der Waals surface area contributed by atoms with Gasteiger partial charge in [-0.15, -0.1) is 11.6 Å². The van der Waals surface area contributed by atoms with E-state index in [9.17, 15) is 4.79 Å². The van der Waals surface area contributed by atoms with Gasteiger partial charge in [-0.2, -0.15) is 0 Å². The molecule has 0 aromatic carbocycles. The molecule has 1 heterocycles. The van der Waals surface area contributed by atoms with Gasteiger partial charge in [0.2, 0.25) is 0 Å². The predicted octanol–water partition coefficient (Wildman–Crippen LogP) is 2.40. The molecule has 4 heteroatoms. The second-order valence-electron chi connectivity index (χ2n) is 4.33. The molecule has 80 valence electrons. The molecule has 0 aliphatic carbocycles. The first-order chi connectivity index (χ1) is 6.38. The molecule has 0 saturated carbocycles. The van der Waals surface area contributed by atoms with Crippen LogP contribution in [0.25, 0.3) is 0 Å². The lowest BCUT2D eigenvalue weighted by molar-refractivity contribution is 0.0270. The maximum absolute atomic E-state index is 11.6. The molecule has 1 aliphatic rings. The molecule has 0 radical (unpaired) electrons. The minimum Gasteiger partial charge on any atom is -0.444 e. The van der Waals surface area contributed by atoms with Crippen LogP contribution >= 0.6 is 11.6 Å². The van der Waals surface area contributed by atoms with Crippen molar-refractivity contribution in [2.24, 2.45) is 0 Å². The van der Waals surface area contributed by atoms with Crippen molar-refractivity contribution in [1.82, 2.24) is 4.90 Å². The van der Waals surface area contributed by atoms with Crippen LogP contribution in [0.2, 0.25) is 0 Å². The topological polar surface area (TPSA) is 29.5 Å². The molecule has 0 saturated heterocycles. The standard InChI is InChI=1S/C10H16ClNO2/c1-10(2,3)14-9(13)12-6-4-5-8(11)7-12/h4-5,8H,6-7H2,1-3H3/t8-/m0/s1. The molecule has 0 unspecified atom stereocenters. The number of carbonyl (C=O) groups excluding carboxylic acids is 1. The van der Waals surface area contributed by atoms with E-state index in [4.69, 9.17) is 16.3 Å². The number of hydrogen-bond acceptors (Lipinski definition) is 2. The van der Waals surface area contributed by atoms with Crippen LogP contribution in [0.3, 0.4) is 0 Å². The molecule has 0 spiro atoms. The summed E-state index contributed by atoms with van der Waals surface area (Å²) in [5.74, 6) is 0. The van der Waals surface area contributed by atoms with E-state index in [0.29, 0.717) is 13.1 Å². The van der Waals surface area contributed by atoms with Crippen molar-refractivity contribution >= 4 is 17.7 Å². The summed E-state index contributed by atoms with van der Waals surface area (Å²) in [5.41, 5.74) is -0.444. The second-order valence-corrected chi connectivity index (χ2v) is 4.89. The molecule has 0 bridgehead atoms. The van der Waals surface area contributed by atoms with Gasteiger partial charge in [0.25, 0.3) is 0 Å². The van der Waals surface area contributed by atoms with E-state index in [2.05, 4.69) is 0 Å². The zero-order valence-electron chi connectivity index (χ0n) is 8.79. The van der Waals surface area contributed by atoms with Crippen molar-refractivity contribution in [3.63, 3.8) is 0 Å². The van der Waals surface area contributed by atoms with Crippen molar-refractivity contribution in [3.05, 3.63) is 12.2 Å². The quantitative estimate of drug-likeness (QED) is 0.461. The molecule has 0 aromatic heterocycles. The third kappa shape index (κ3) is 3.58. The highest BCUT2D eigenvalue weighted by Gasteiger charge is 2.24. The fraction of sp³-hybridized carbons (Fsp3) is 0.700. The zero-order valence-corrected chi connectivity index (χ0v) is 9.54. The summed E-state index contributed by atoms with van der Waals surface area (Å²) in [7, 11) is 0. The van der Waals surface area contributed by atoms with Gasteiger partial charge in [-0.05, 0) is 20.8 Å². The van der Waals surface area contributed by atoms with Crippen LogP contribution in [0.5, 0.6) is 0 Å². The van der Waals surface area contributed by atoms with E-state index in [1.165, 1.54) is 0 Å². The molecule has 14 heavy (non-hydrogen) atoms. The molecule has 0 N–H and O–H groups in total. The molecule has 0 fully saturated rings. The Bertz CT molecular complexity index is 245. The number of nitrogens with zero attached hydrogens (tertiary/aromatic N) is 1. The average Bonchev–Trinajstić information content (AvgIpc) is 2.01. The molecule has 3 nitrogen and oxygen atoms in total. The first-order valence-electron chi connectivity index (χ1n) is 4.67. The molecule has 1 aliphatic heterocycles. The Kier molecular flexibility index (Phi) is 3.43. The van der Waals surface area contributed by atoms with Crippen LogP contribution in [0.15, 0.2) is 12.2 Å². The zero-order chi connectivity index (χ0) is 10.8. The summed E-state index contributed by atoms with van der Waals surface area (Å²) in [6.45, 7) is 6.65. The fourth-order valence-corrected chi connectivity index (χ4v) is 1.43. The second kappa shape index (κ2) is 4.22. The average molecular weight is 218 g/mol. The summed E-state index contributed by atoms with van der Waals surface area (Å²) < 4.78 is 5.22. The van der Waals surface area contributed by atoms with Gasteiger partial charge >= 0.3 is 6.09 Å². The maximum Gasteiger partial charge on any atom is 0.410 e. The number of carbonyl (C=O) groups is 1. The smallest absolute Gasteiger partial charge is 0.410 e. The fourth-order valence-electron chi connectivity index (χ4n) is 1.16. The lowest BCUT2D eigenvalue weighted by Gasteiger charge is -2.29. The van der Waals surface area contributed by atoms with E-state index < -0.39 is 5.60 Å². The van der Waals surface area contributed by atoms with Crippen LogP contribution in [0.4, 0.5) is 4.79 Å². The van der Waals surface area contributed by atoms with Crippen molar-refractivity contribution in [1.29, 1.82) is 0 Å². The number of ether oxygens (including phenoxy) is 1. The summed E-state index contributed by atoms with van der Waals surface area (Å²) in [6, 6.07) is 0. The highest BCUT2D eigenvalue weighted by atomic mass is 35.5. The molecule has 1 amide bonds. The SMILES string of the molecule is CC(C)(C)OC(=O)N1CC=C[C@H](Cl)C1. The summed E-state index contributed by atoms with van der Waals surface area (Å²) in [6.07, 6.45) is 3.47. The van der Waals surface area contributed by atoms with Crippen LogP contribution in [0.1, 0.15) is 20.8 Å². The predicted molar refractivity (Wildman–Crippen MR) is 56.6 cm³/mol. The number of halogens is 1. The molecule has 1 rings (SSSR count). The Hall–Kier alpha value is -0.700. The number of rotatable bonds is 0. The van der Waals surface area contributed by atoms with E-state index in [1.807, 2.05) is 32.9 Å². The number of amides is 1. The molecule has 1 atom stereocenters. The Morgan fingerprint density at radius 2 is 2.21 bits per heavy atom. The van der Waals surface area contributed by atoms with Crippen LogP contribution in [0, 0.1) is 0 Å². The summed E-state index contributed by atoms with van der Waals surface area (Å²) in [5, 5.41) is -0.101. The third-order valence-corrected chi connectivity index (χ3v) is 2.00. The maximum atomic E-state index is 11.6. The Labute approximate surface area is 89.7 Å². The van der Waals surface area contributed by atoms with Gasteiger partial charge in [-0.25, -0.2) is 4.79 Å². The third-order valence-electron chi connectivity index (χ3n) is 1.72. The van der Waals surface area contributed by atoms with Crippen molar-refractivity contribution in [2.45, 2.75) is 31.7 Å². The van der Waals surface area contributed by atoms with E-state index in [0.717, 1.165) is 0 Å². The van der Waals surface area contributed by atoms with Crippen LogP contribution < -0.4 is 0 Å². The summed E-state index contributed by atoms with van der Waals surface area (Å²) in [4.78, 5) is 13.2. The highest BCUT2D eigenvalue weighted by Crippen LogP contribution is 2.14. The van der Waals surface area contributed by atoms with Gasteiger partial charge in [0.15, 0.2) is 0 Å². The van der Waals surface area contributed by atoms with E-state index in [-0.39, 0.29) is 11.5 Å². The normalized spacial score (nSPS) is 22.3. The first-order valence-corrected chi connectivity index (χ1v) is 5.11. The molecular weight excluding hydrogens is 202 g/mol. The summed E-state index contributed by atoms with van der Waals surface area (Å²) >= 11 is 5.89. The van der Waals surface area contributed by atoms with Gasteiger partial charge in [0.05, 0.1) is 5.38 Å². The van der Waals surface area contributed by atoms with E-state index in [1.54, 1.807) is 4.90 Å². The number of hydrogen-bond donors (Lipinski definition) is 0. The van der Waals surface area contributed by atoms with Crippen LogP contribution in [-0.4, -0.2) is 35.1 Å². The Balaban J connectivity index is 2.50.